The molecule has 0 spiro atoms. The van der Waals surface area contributed by atoms with Crippen LogP contribution in [0.2, 0.25) is 10.0 Å². The fourth-order valence-corrected chi connectivity index (χ4v) is 1.91. The number of phenols is 1. The van der Waals surface area contributed by atoms with Crippen LogP contribution in [0.25, 0.3) is 0 Å². The van der Waals surface area contributed by atoms with Gasteiger partial charge in [-0.25, -0.2) is 0 Å². The van der Waals surface area contributed by atoms with E-state index in [9.17, 15) is 5.11 Å². The molecule has 96 valence electrons. The minimum Gasteiger partial charge on any atom is -0.506 e. The summed E-state index contributed by atoms with van der Waals surface area (Å²) in [5.41, 5.74) is 1.95. The monoisotopic (exact) mass is 292 g/mol. The minimum atomic E-state index is -0.0401. The molecule has 2 aromatic carbocycles. The van der Waals surface area contributed by atoms with Crippen molar-refractivity contribution in [2.24, 2.45) is 0 Å². The summed E-state index contributed by atoms with van der Waals surface area (Å²) in [5.74, 6) is -0.0401. The lowest BCUT2D eigenvalue weighted by molar-refractivity contribution is 0.474. The number of nitrogens with zero attached hydrogens (tertiary/aromatic N) is 1. The molecule has 0 aromatic heterocycles. The van der Waals surface area contributed by atoms with Gasteiger partial charge in [-0.05, 0) is 29.8 Å². The van der Waals surface area contributed by atoms with Crippen molar-refractivity contribution in [3.63, 3.8) is 0 Å². The van der Waals surface area contributed by atoms with Gasteiger partial charge in [-0.3, -0.25) is 0 Å². The van der Waals surface area contributed by atoms with Gasteiger partial charge in [-0.15, -0.1) is 0 Å². The standard InChI is InChI=1S/C14H10Cl2N2O/c15-12-4-1-9(5-13(12)16)8-18-11-3-2-10(7-17)14(19)6-11/h1-6,18-19H,8H2. The topological polar surface area (TPSA) is 56.0 Å². The summed E-state index contributed by atoms with van der Waals surface area (Å²) in [7, 11) is 0. The molecule has 0 saturated heterocycles. The molecule has 0 aliphatic carbocycles. The number of hydrogen-bond donors (Lipinski definition) is 2. The number of rotatable bonds is 3. The van der Waals surface area contributed by atoms with Gasteiger partial charge in [0.1, 0.15) is 11.8 Å². The fourth-order valence-electron chi connectivity index (χ4n) is 1.59. The maximum atomic E-state index is 9.57. The Hall–Kier alpha value is -1.89. The lowest BCUT2D eigenvalue weighted by Gasteiger charge is -2.08. The van der Waals surface area contributed by atoms with Crippen molar-refractivity contribution < 1.29 is 5.11 Å². The molecule has 19 heavy (non-hydrogen) atoms. The highest BCUT2D eigenvalue weighted by Gasteiger charge is 2.03. The maximum absolute atomic E-state index is 9.57. The average Bonchev–Trinajstić information content (AvgIpc) is 2.40. The van der Waals surface area contributed by atoms with Crippen LogP contribution in [0.3, 0.4) is 0 Å². The third-order valence-corrected chi connectivity index (χ3v) is 3.34. The molecule has 0 saturated carbocycles. The number of aromatic hydroxyl groups is 1. The minimum absolute atomic E-state index is 0.0401. The van der Waals surface area contributed by atoms with Gasteiger partial charge in [0.2, 0.25) is 0 Å². The zero-order valence-electron chi connectivity index (χ0n) is 9.82. The smallest absolute Gasteiger partial charge is 0.135 e. The van der Waals surface area contributed by atoms with Crippen LogP contribution in [0, 0.1) is 11.3 Å². The van der Waals surface area contributed by atoms with Crippen LogP contribution in [0.1, 0.15) is 11.1 Å². The first-order chi connectivity index (χ1) is 9.10. The summed E-state index contributed by atoms with van der Waals surface area (Å²) < 4.78 is 0. The second kappa shape index (κ2) is 5.83. The van der Waals surface area contributed by atoms with E-state index < -0.39 is 0 Å². The summed E-state index contributed by atoms with van der Waals surface area (Å²) in [4.78, 5) is 0. The lowest BCUT2D eigenvalue weighted by atomic mass is 10.2. The molecule has 2 N–H and O–H groups in total. The summed E-state index contributed by atoms with van der Waals surface area (Å²) in [5, 5.41) is 22.4. The highest BCUT2D eigenvalue weighted by molar-refractivity contribution is 6.42. The Morgan fingerprint density at radius 3 is 2.53 bits per heavy atom. The lowest BCUT2D eigenvalue weighted by Crippen LogP contribution is -1.99. The molecule has 2 rings (SSSR count). The van der Waals surface area contributed by atoms with E-state index in [1.807, 2.05) is 12.1 Å². The van der Waals surface area contributed by atoms with Crippen LogP contribution in [0.5, 0.6) is 5.75 Å². The molecule has 3 nitrogen and oxygen atoms in total. The Balaban J connectivity index is 2.08. The van der Waals surface area contributed by atoms with Crippen LogP contribution >= 0.6 is 23.2 Å². The van der Waals surface area contributed by atoms with Crippen molar-refractivity contribution in [2.45, 2.75) is 6.54 Å². The van der Waals surface area contributed by atoms with Crippen LogP contribution in [-0.2, 0) is 6.54 Å². The molecule has 0 bridgehead atoms. The zero-order valence-corrected chi connectivity index (χ0v) is 11.3. The molecule has 0 aliphatic heterocycles. The number of halogens is 2. The number of anilines is 1. The van der Waals surface area contributed by atoms with Crippen molar-refractivity contribution in [3.05, 3.63) is 57.6 Å². The third kappa shape index (κ3) is 3.31. The second-order valence-electron chi connectivity index (χ2n) is 3.95. The van der Waals surface area contributed by atoms with E-state index in [1.54, 1.807) is 24.3 Å². The highest BCUT2D eigenvalue weighted by atomic mass is 35.5. The molecule has 0 atom stereocenters. The Morgan fingerprint density at radius 2 is 1.89 bits per heavy atom. The van der Waals surface area contributed by atoms with E-state index in [-0.39, 0.29) is 11.3 Å². The maximum Gasteiger partial charge on any atom is 0.135 e. The summed E-state index contributed by atoms with van der Waals surface area (Å²) in [6.45, 7) is 0.544. The Bertz CT molecular complexity index is 650. The van der Waals surface area contributed by atoms with Crippen molar-refractivity contribution >= 4 is 28.9 Å². The Labute approximate surface area is 121 Å². The van der Waals surface area contributed by atoms with Crippen LogP contribution < -0.4 is 5.32 Å². The Kier molecular flexibility index (Phi) is 4.16. The molecular formula is C14H10Cl2N2O. The number of hydrogen-bond acceptors (Lipinski definition) is 3. The average molecular weight is 293 g/mol. The van der Waals surface area contributed by atoms with Gasteiger partial charge in [0.15, 0.2) is 0 Å². The number of phenolic OH excluding ortho intramolecular Hbond substituents is 1. The molecule has 0 unspecified atom stereocenters. The fraction of sp³-hybridized carbons (Fsp3) is 0.0714. The largest absolute Gasteiger partial charge is 0.506 e. The zero-order chi connectivity index (χ0) is 13.8. The van der Waals surface area contributed by atoms with Crippen molar-refractivity contribution in [1.29, 1.82) is 5.26 Å². The van der Waals surface area contributed by atoms with Gasteiger partial charge in [0.05, 0.1) is 15.6 Å². The summed E-state index contributed by atoms with van der Waals surface area (Å²) in [6, 6.07) is 12.1. The molecule has 0 radical (unpaired) electrons. The van der Waals surface area contributed by atoms with E-state index in [1.165, 1.54) is 6.07 Å². The highest BCUT2D eigenvalue weighted by Crippen LogP contribution is 2.24. The van der Waals surface area contributed by atoms with Crippen LogP contribution in [-0.4, -0.2) is 5.11 Å². The first-order valence-electron chi connectivity index (χ1n) is 5.51. The molecule has 0 heterocycles. The number of benzene rings is 2. The predicted octanol–water partition coefficient (Wildman–Crippen LogP) is 4.18. The van der Waals surface area contributed by atoms with E-state index in [2.05, 4.69) is 5.32 Å². The van der Waals surface area contributed by atoms with Gasteiger partial charge in [0, 0.05) is 18.3 Å². The quantitative estimate of drug-likeness (QED) is 0.892. The molecule has 2 aromatic rings. The number of nitriles is 1. The summed E-state index contributed by atoms with van der Waals surface area (Å²) >= 11 is 11.8. The SMILES string of the molecule is N#Cc1ccc(NCc2ccc(Cl)c(Cl)c2)cc1O. The van der Waals surface area contributed by atoms with Crippen molar-refractivity contribution in [2.75, 3.05) is 5.32 Å². The van der Waals surface area contributed by atoms with E-state index >= 15 is 0 Å². The first-order valence-corrected chi connectivity index (χ1v) is 6.26. The third-order valence-electron chi connectivity index (χ3n) is 2.60. The van der Waals surface area contributed by atoms with E-state index in [0.29, 0.717) is 16.6 Å². The van der Waals surface area contributed by atoms with Gasteiger partial charge in [-0.1, -0.05) is 29.3 Å². The molecule has 0 amide bonds. The van der Waals surface area contributed by atoms with Gasteiger partial charge >= 0.3 is 0 Å². The van der Waals surface area contributed by atoms with Crippen LogP contribution in [0.4, 0.5) is 5.69 Å². The molecule has 0 fully saturated rings. The molecule has 5 heteroatoms. The van der Waals surface area contributed by atoms with Crippen molar-refractivity contribution in [3.8, 4) is 11.8 Å². The molecule has 0 aliphatic rings. The predicted molar refractivity (Wildman–Crippen MR) is 76.6 cm³/mol. The Morgan fingerprint density at radius 1 is 1.11 bits per heavy atom. The normalized spacial score (nSPS) is 9.95. The van der Waals surface area contributed by atoms with Gasteiger partial charge in [0.25, 0.3) is 0 Å². The first kappa shape index (κ1) is 13.5. The van der Waals surface area contributed by atoms with E-state index in [0.717, 1.165) is 11.3 Å². The van der Waals surface area contributed by atoms with Gasteiger partial charge < -0.3 is 10.4 Å². The second-order valence-corrected chi connectivity index (χ2v) is 4.76. The molecular weight excluding hydrogens is 283 g/mol. The van der Waals surface area contributed by atoms with Gasteiger partial charge in [-0.2, -0.15) is 5.26 Å². The number of nitrogens with one attached hydrogen (secondary N) is 1. The van der Waals surface area contributed by atoms with Crippen LogP contribution in [0.15, 0.2) is 36.4 Å². The van der Waals surface area contributed by atoms with E-state index in [4.69, 9.17) is 28.5 Å². The van der Waals surface area contributed by atoms with Crippen molar-refractivity contribution in [1.82, 2.24) is 0 Å². The summed E-state index contributed by atoms with van der Waals surface area (Å²) in [6.07, 6.45) is 0.